The molecule has 1 heterocycles. The summed E-state index contributed by atoms with van der Waals surface area (Å²) in [5.74, 6) is 0. The first-order valence-corrected chi connectivity index (χ1v) is 6.19. The average molecular weight is 279 g/mol. The molecule has 1 aromatic rings. The lowest BCUT2D eigenvalue weighted by Gasteiger charge is -2.25. The smallest absolute Gasteiger partial charge is 0.186 e. The Kier molecular flexibility index (Phi) is 4.84. The molecule has 80 valence electrons. The van der Waals surface area contributed by atoms with E-state index in [1.54, 1.807) is 18.4 Å². The zero-order chi connectivity index (χ0) is 10.6. The van der Waals surface area contributed by atoms with E-state index in [1.807, 2.05) is 5.38 Å². The summed E-state index contributed by atoms with van der Waals surface area (Å²) in [7, 11) is 1.72. The zero-order valence-electron chi connectivity index (χ0n) is 8.66. The normalized spacial score (nSPS) is 10.9. The number of rotatable bonds is 5. The van der Waals surface area contributed by atoms with E-state index in [9.17, 15) is 0 Å². The van der Waals surface area contributed by atoms with Gasteiger partial charge in [-0.2, -0.15) is 0 Å². The second-order valence-corrected chi connectivity index (χ2v) is 4.88. The fraction of sp³-hybridized carbons (Fsp3) is 0.667. The summed E-state index contributed by atoms with van der Waals surface area (Å²) in [5.41, 5.74) is 0. The number of halogens is 1. The van der Waals surface area contributed by atoms with Crippen LogP contribution in [0, 0.1) is 0 Å². The van der Waals surface area contributed by atoms with Crippen molar-refractivity contribution in [3.05, 3.63) is 9.98 Å². The third-order valence-electron chi connectivity index (χ3n) is 1.87. The summed E-state index contributed by atoms with van der Waals surface area (Å²) < 4.78 is 5.98. The molecule has 0 atom stereocenters. The van der Waals surface area contributed by atoms with Gasteiger partial charge in [0.25, 0.3) is 0 Å². The SMILES string of the molecule is COCCN(c1nc(Br)cs1)C(C)C. The highest BCUT2D eigenvalue weighted by Gasteiger charge is 2.13. The molecule has 0 unspecified atom stereocenters. The largest absolute Gasteiger partial charge is 0.383 e. The molecule has 0 fully saturated rings. The Morgan fingerprint density at radius 2 is 2.36 bits per heavy atom. The van der Waals surface area contributed by atoms with Crippen molar-refractivity contribution in [1.29, 1.82) is 0 Å². The number of anilines is 1. The minimum atomic E-state index is 0.447. The Morgan fingerprint density at radius 1 is 1.64 bits per heavy atom. The van der Waals surface area contributed by atoms with E-state index < -0.39 is 0 Å². The van der Waals surface area contributed by atoms with Crippen LogP contribution in [0.4, 0.5) is 5.13 Å². The molecule has 0 radical (unpaired) electrons. The van der Waals surface area contributed by atoms with E-state index in [1.165, 1.54) is 0 Å². The van der Waals surface area contributed by atoms with Gasteiger partial charge in [-0.1, -0.05) is 0 Å². The molecule has 0 N–H and O–H groups in total. The quantitative estimate of drug-likeness (QED) is 0.828. The monoisotopic (exact) mass is 278 g/mol. The van der Waals surface area contributed by atoms with Gasteiger partial charge >= 0.3 is 0 Å². The number of ether oxygens (including phenoxy) is 1. The second kappa shape index (κ2) is 5.68. The van der Waals surface area contributed by atoms with Gasteiger partial charge in [-0.3, -0.25) is 0 Å². The van der Waals surface area contributed by atoms with Crippen molar-refractivity contribution in [3.63, 3.8) is 0 Å². The molecule has 0 spiro atoms. The van der Waals surface area contributed by atoms with Crippen molar-refractivity contribution in [2.75, 3.05) is 25.2 Å². The Hall–Kier alpha value is -0.130. The van der Waals surface area contributed by atoms with Crippen LogP contribution in [-0.4, -0.2) is 31.3 Å². The molecule has 0 aliphatic heterocycles. The predicted molar refractivity (Wildman–Crippen MR) is 64.2 cm³/mol. The average Bonchev–Trinajstić information content (AvgIpc) is 2.52. The van der Waals surface area contributed by atoms with Crippen LogP contribution in [0.15, 0.2) is 9.98 Å². The van der Waals surface area contributed by atoms with Crippen molar-refractivity contribution in [2.24, 2.45) is 0 Å². The third kappa shape index (κ3) is 3.22. The summed E-state index contributed by atoms with van der Waals surface area (Å²) >= 11 is 5.01. The van der Waals surface area contributed by atoms with Gasteiger partial charge in [0.05, 0.1) is 6.61 Å². The van der Waals surface area contributed by atoms with Gasteiger partial charge in [0, 0.05) is 25.1 Å². The minimum Gasteiger partial charge on any atom is -0.383 e. The van der Waals surface area contributed by atoms with Gasteiger partial charge in [-0.15, -0.1) is 11.3 Å². The highest BCUT2D eigenvalue weighted by atomic mass is 79.9. The summed E-state index contributed by atoms with van der Waals surface area (Å²) in [6.07, 6.45) is 0. The van der Waals surface area contributed by atoms with E-state index in [0.29, 0.717) is 6.04 Å². The molecule has 3 nitrogen and oxygen atoms in total. The first-order chi connectivity index (χ1) is 6.65. The van der Waals surface area contributed by atoms with Crippen LogP contribution in [0.2, 0.25) is 0 Å². The van der Waals surface area contributed by atoms with Gasteiger partial charge in [-0.25, -0.2) is 4.98 Å². The lowest BCUT2D eigenvalue weighted by atomic mass is 10.3. The molecular formula is C9H15BrN2OS. The van der Waals surface area contributed by atoms with Crippen molar-refractivity contribution >= 4 is 32.4 Å². The van der Waals surface area contributed by atoms with Crippen molar-refractivity contribution < 1.29 is 4.74 Å². The Morgan fingerprint density at radius 3 is 2.79 bits per heavy atom. The van der Waals surface area contributed by atoms with Crippen molar-refractivity contribution in [2.45, 2.75) is 19.9 Å². The van der Waals surface area contributed by atoms with E-state index in [0.717, 1.165) is 22.9 Å². The molecule has 1 aromatic heterocycles. The molecular weight excluding hydrogens is 264 g/mol. The molecule has 5 heteroatoms. The lowest BCUT2D eigenvalue weighted by Crippen LogP contribution is -2.33. The third-order valence-corrected chi connectivity index (χ3v) is 3.46. The summed E-state index contributed by atoms with van der Waals surface area (Å²) in [6, 6.07) is 0.447. The van der Waals surface area contributed by atoms with Crippen LogP contribution in [-0.2, 0) is 4.74 Å². The van der Waals surface area contributed by atoms with Crippen LogP contribution in [0.3, 0.4) is 0 Å². The summed E-state index contributed by atoms with van der Waals surface area (Å²) in [6.45, 7) is 5.93. The number of thiazole rings is 1. The van der Waals surface area contributed by atoms with Gasteiger partial charge in [-0.05, 0) is 29.8 Å². The predicted octanol–water partition coefficient (Wildman–Crippen LogP) is 2.77. The molecule has 0 aromatic carbocycles. The standard InChI is InChI=1S/C9H15BrN2OS/c1-7(2)12(4-5-13-3)9-11-8(10)6-14-9/h6-7H,4-5H2,1-3H3. The lowest BCUT2D eigenvalue weighted by molar-refractivity contribution is 0.204. The summed E-state index contributed by atoms with van der Waals surface area (Å²) in [4.78, 5) is 6.63. The number of methoxy groups -OCH3 is 1. The maximum absolute atomic E-state index is 5.07. The first-order valence-electron chi connectivity index (χ1n) is 4.51. The van der Waals surface area contributed by atoms with Crippen molar-refractivity contribution in [3.8, 4) is 0 Å². The Bertz CT molecular complexity index is 278. The maximum Gasteiger partial charge on any atom is 0.186 e. The maximum atomic E-state index is 5.07. The molecule has 0 bridgehead atoms. The molecule has 0 aliphatic rings. The number of hydrogen-bond acceptors (Lipinski definition) is 4. The van der Waals surface area contributed by atoms with E-state index in [-0.39, 0.29) is 0 Å². The Balaban J connectivity index is 2.67. The van der Waals surface area contributed by atoms with Crippen LogP contribution < -0.4 is 4.90 Å². The van der Waals surface area contributed by atoms with Gasteiger partial charge in [0.2, 0.25) is 0 Å². The van der Waals surface area contributed by atoms with E-state index in [4.69, 9.17) is 4.74 Å². The topological polar surface area (TPSA) is 25.4 Å². The van der Waals surface area contributed by atoms with E-state index in [2.05, 4.69) is 39.7 Å². The van der Waals surface area contributed by atoms with Crippen LogP contribution in [0.1, 0.15) is 13.8 Å². The molecule has 0 saturated carbocycles. The van der Waals surface area contributed by atoms with Crippen LogP contribution in [0.5, 0.6) is 0 Å². The van der Waals surface area contributed by atoms with Gasteiger partial charge in [0.15, 0.2) is 5.13 Å². The van der Waals surface area contributed by atoms with Crippen LogP contribution in [0.25, 0.3) is 0 Å². The Labute approximate surface area is 97.2 Å². The highest BCUT2D eigenvalue weighted by Crippen LogP contribution is 2.24. The fourth-order valence-corrected chi connectivity index (χ4v) is 2.55. The number of hydrogen-bond donors (Lipinski definition) is 0. The minimum absolute atomic E-state index is 0.447. The zero-order valence-corrected chi connectivity index (χ0v) is 11.1. The number of nitrogens with zero attached hydrogens (tertiary/aromatic N) is 2. The van der Waals surface area contributed by atoms with Gasteiger partial charge in [0.1, 0.15) is 4.60 Å². The highest BCUT2D eigenvalue weighted by molar-refractivity contribution is 9.10. The second-order valence-electron chi connectivity index (χ2n) is 3.23. The molecule has 14 heavy (non-hydrogen) atoms. The fourth-order valence-electron chi connectivity index (χ4n) is 1.14. The van der Waals surface area contributed by atoms with Crippen molar-refractivity contribution in [1.82, 2.24) is 4.98 Å². The molecule has 0 saturated heterocycles. The van der Waals surface area contributed by atoms with Gasteiger partial charge < -0.3 is 9.64 Å². The summed E-state index contributed by atoms with van der Waals surface area (Å²) in [5, 5.41) is 3.04. The van der Waals surface area contributed by atoms with E-state index >= 15 is 0 Å². The molecule has 1 rings (SSSR count). The first kappa shape index (κ1) is 11.9. The molecule has 0 amide bonds. The molecule has 0 aliphatic carbocycles. The van der Waals surface area contributed by atoms with Crippen LogP contribution >= 0.6 is 27.3 Å². The number of aromatic nitrogens is 1.